The SMILES string of the molecule is Cc1nc(C)n(Cc2ccc(C(=O)O)cc2C)n1. The van der Waals surface area contributed by atoms with Crippen molar-refractivity contribution in [1.82, 2.24) is 14.8 Å². The number of hydrogen-bond acceptors (Lipinski definition) is 3. The molecule has 1 aromatic heterocycles. The van der Waals surface area contributed by atoms with Gasteiger partial charge < -0.3 is 5.11 Å². The molecule has 1 N–H and O–H groups in total. The molecule has 0 saturated carbocycles. The van der Waals surface area contributed by atoms with Gasteiger partial charge in [0.25, 0.3) is 0 Å². The number of benzene rings is 1. The Labute approximate surface area is 105 Å². The van der Waals surface area contributed by atoms with E-state index in [2.05, 4.69) is 10.1 Å². The molecule has 2 aromatic rings. The second kappa shape index (κ2) is 4.60. The van der Waals surface area contributed by atoms with E-state index in [4.69, 9.17) is 5.11 Å². The Morgan fingerprint density at radius 2 is 2.06 bits per heavy atom. The van der Waals surface area contributed by atoms with Gasteiger partial charge in [-0.25, -0.2) is 14.5 Å². The van der Waals surface area contributed by atoms with Gasteiger partial charge in [-0.2, -0.15) is 5.10 Å². The number of rotatable bonds is 3. The van der Waals surface area contributed by atoms with Crippen LogP contribution < -0.4 is 0 Å². The van der Waals surface area contributed by atoms with E-state index in [9.17, 15) is 4.79 Å². The fraction of sp³-hybridized carbons (Fsp3) is 0.308. The van der Waals surface area contributed by atoms with E-state index in [-0.39, 0.29) is 0 Å². The van der Waals surface area contributed by atoms with Gasteiger partial charge in [-0.15, -0.1) is 0 Å². The molecule has 0 bridgehead atoms. The van der Waals surface area contributed by atoms with E-state index in [0.717, 1.165) is 22.8 Å². The summed E-state index contributed by atoms with van der Waals surface area (Å²) >= 11 is 0. The molecule has 0 spiro atoms. The average Bonchev–Trinajstić information content (AvgIpc) is 2.60. The van der Waals surface area contributed by atoms with Crippen molar-refractivity contribution >= 4 is 5.97 Å². The number of carboxylic acid groups (broad SMARTS) is 1. The maximum atomic E-state index is 10.9. The summed E-state index contributed by atoms with van der Waals surface area (Å²) in [6.45, 7) is 6.27. The Kier molecular flexibility index (Phi) is 3.14. The summed E-state index contributed by atoms with van der Waals surface area (Å²) in [5.41, 5.74) is 2.30. The van der Waals surface area contributed by atoms with Crippen LogP contribution >= 0.6 is 0 Å². The van der Waals surface area contributed by atoms with Crippen LogP contribution in [0.5, 0.6) is 0 Å². The third-order valence-corrected chi connectivity index (χ3v) is 2.87. The van der Waals surface area contributed by atoms with Crippen LogP contribution in [0.15, 0.2) is 18.2 Å². The van der Waals surface area contributed by atoms with E-state index >= 15 is 0 Å². The lowest BCUT2D eigenvalue weighted by Crippen LogP contribution is -2.07. The first-order chi connectivity index (χ1) is 8.47. The van der Waals surface area contributed by atoms with Crippen molar-refractivity contribution in [2.75, 3.05) is 0 Å². The summed E-state index contributed by atoms with van der Waals surface area (Å²) in [6.07, 6.45) is 0. The zero-order valence-corrected chi connectivity index (χ0v) is 10.6. The second-order valence-electron chi connectivity index (χ2n) is 4.31. The summed E-state index contributed by atoms with van der Waals surface area (Å²) in [7, 11) is 0. The van der Waals surface area contributed by atoms with Crippen molar-refractivity contribution in [3.63, 3.8) is 0 Å². The fourth-order valence-corrected chi connectivity index (χ4v) is 1.88. The zero-order chi connectivity index (χ0) is 13.3. The number of nitrogens with zero attached hydrogens (tertiary/aromatic N) is 3. The van der Waals surface area contributed by atoms with Gasteiger partial charge in [0.2, 0.25) is 0 Å². The van der Waals surface area contributed by atoms with Crippen LogP contribution in [0.4, 0.5) is 0 Å². The van der Waals surface area contributed by atoms with Gasteiger partial charge >= 0.3 is 5.97 Å². The fourth-order valence-electron chi connectivity index (χ4n) is 1.88. The minimum atomic E-state index is -0.905. The maximum Gasteiger partial charge on any atom is 0.335 e. The zero-order valence-electron chi connectivity index (χ0n) is 10.6. The first-order valence-electron chi connectivity index (χ1n) is 5.68. The quantitative estimate of drug-likeness (QED) is 0.897. The highest BCUT2D eigenvalue weighted by atomic mass is 16.4. The molecule has 0 unspecified atom stereocenters. The Hall–Kier alpha value is -2.17. The number of carbonyl (C=O) groups is 1. The van der Waals surface area contributed by atoms with E-state index in [1.54, 1.807) is 12.1 Å². The van der Waals surface area contributed by atoms with Crippen molar-refractivity contribution in [1.29, 1.82) is 0 Å². The molecule has 0 saturated heterocycles. The molecule has 0 amide bonds. The number of carboxylic acids is 1. The molecule has 0 aliphatic carbocycles. The maximum absolute atomic E-state index is 10.9. The molecule has 5 nitrogen and oxygen atoms in total. The highest BCUT2D eigenvalue weighted by Gasteiger charge is 2.08. The van der Waals surface area contributed by atoms with Crippen LogP contribution in [0.25, 0.3) is 0 Å². The Morgan fingerprint density at radius 3 is 2.56 bits per heavy atom. The van der Waals surface area contributed by atoms with Crippen molar-refractivity contribution in [3.8, 4) is 0 Å². The summed E-state index contributed by atoms with van der Waals surface area (Å²) in [6, 6.07) is 5.12. The normalized spacial score (nSPS) is 10.6. The molecule has 0 fully saturated rings. The lowest BCUT2D eigenvalue weighted by Gasteiger charge is -2.08. The number of aromatic carboxylic acids is 1. The first kappa shape index (κ1) is 12.3. The van der Waals surface area contributed by atoms with Gasteiger partial charge in [0, 0.05) is 0 Å². The van der Waals surface area contributed by atoms with Crippen LogP contribution in [-0.2, 0) is 6.54 Å². The van der Waals surface area contributed by atoms with Gasteiger partial charge in [0.05, 0.1) is 12.1 Å². The first-order valence-corrected chi connectivity index (χ1v) is 5.68. The smallest absolute Gasteiger partial charge is 0.335 e. The van der Waals surface area contributed by atoms with Crippen LogP contribution in [0, 0.1) is 20.8 Å². The second-order valence-corrected chi connectivity index (χ2v) is 4.31. The number of aromatic nitrogens is 3. The predicted molar refractivity (Wildman–Crippen MR) is 66.7 cm³/mol. The van der Waals surface area contributed by atoms with Crippen LogP contribution in [-0.4, -0.2) is 25.8 Å². The minimum absolute atomic E-state index is 0.308. The third kappa shape index (κ3) is 2.40. The summed E-state index contributed by atoms with van der Waals surface area (Å²) in [5.74, 6) is 0.693. The molecular formula is C13H15N3O2. The molecular weight excluding hydrogens is 230 g/mol. The Balaban J connectivity index is 2.30. The van der Waals surface area contributed by atoms with Gasteiger partial charge in [-0.05, 0) is 44.0 Å². The van der Waals surface area contributed by atoms with E-state index in [1.807, 2.05) is 31.5 Å². The van der Waals surface area contributed by atoms with Crippen molar-refractivity contribution in [3.05, 3.63) is 46.5 Å². The molecule has 5 heteroatoms. The van der Waals surface area contributed by atoms with Crippen LogP contribution in [0.3, 0.4) is 0 Å². The summed E-state index contributed by atoms with van der Waals surface area (Å²) in [5, 5.41) is 13.2. The average molecular weight is 245 g/mol. The van der Waals surface area contributed by atoms with E-state index in [0.29, 0.717) is 12.1 Å². The van der Waals surface area contributed by atoms with Gasteiger partial charge in [0.1, 0.15) is 11.6 Å². The molecule has 0 radical (unpaired) electrons. The summed E-state index contributed by atoms with van der Waals surface area (Å²) in [4.78, 5) is 15.1. The predicted octanol–water partition coefficient (Wildman–Crippen LogP) is 1.95. The molecule has 2 rings (SSSR count). The molecule has 1 heterocycles. The molecule has 0 aliphatic heterocycles. The number of aryl methyl sites for hydroxylation is 3. The van der Waals surface area contributed by atoms with Gasteiger partial charge in [-0.3, -0.25) is 0 Å². The topological polar surface area (TPSA) is 68.0 Å². The standard InChI is InChI=1S/C13H15N3O2/c1-8-6-11(13(17)18)4-5-12(8)7-16-10(3)14-9(2)15-16/h4-6H,7H2,1-3H3,(H,17,18). The largest absolute Gasteiger partial charge is 0.478 e. The van der Waals surface area contributed by atoms with E-state index < -0.39 is 5.97 Å². The minimum Gasteiger partial charge on any atom is -0.478 e. The van der Waals surface area contributed by atoms with Crippen molar-refractivity contribution in [2.45, 2.75) is 27.3 Å². The highest BCUT2D eigenvalue weighted by molar-refractivity contribution is 5.87. The lowest BCUT2D eigenvalue weighted by atomic mass is 10.1. The lowest BCUT2D eigenvalue weighted by molar-refractivity contribution is 0.0697. The molecule has 18 heavy (non-hydrogen) atoms. The molecule has 1 aromatic carbocycles. The summed E-state index contributed by atoms with van der Waals surface area (Å²) < 4.78 is 1.82. The Morgan fingerprint density at radius 1 is 1.33 bits per heavy atom. The van der Waals surface area contributed by atoms with E-state index in [1.165, 1.54) is 0 Å². The van der Waals surface area contributed by atoms with Gasteiger partial charge in [-0.1, -0.05) is 6.07 Å². The van der Waals surface area contributed by atoms with Crippen molar-refractivity contribution in [2.24, 2.45) is 0 Å². The third-order valence-electron chi connectivity index (χ3n) is 2.87. The number of hydrogen-bond donors (Lipinski definition) is 1. The van der Waals surface area contributed by atoms with Crippen LogP contribution in [0.1, 0.15) is 33.1 Å². The molecule has 0 atom stereocenters. The highest BCUT2D eigenvalue weighted by Crippen LogP contribution is 2.13. The van der Waals surface area contributed by atoms with Crippen LogP contribution in [0.2, 0.25) is 0 Å². The molecule has 0 aliphatic rings. The monoisotopic (exact) mass is 245 g/mol. The Bertz CT molecular complexity index is 602. The van der Waals surface area contributed by atoms with Gasteiger partial charge in [0.15, 0.2) is 0 Å². The molecule has 94 valence electrons. The van der Waals surface area contributed by atoms with Crippen molar-refractivity contribution < 1.29 is 9.90 Å².